The van der Waals surface area contributed by atoms with E-state index in [0.29, 0.717) is 17.8 Å². The van der Waals surface area contributed by atoms with Gasteiger partial charge in [0, 0.05) is 6.54 Å². The summed E-state index contributed by atoms with van der Waals surface area (Å²) in [4.78, 5) is 27.2. The molecule has 4 aliphatic rings. The lowest BCUT2D eigenvalue weighted by molar-refractivity contribution is -0.142. The molecule has 116 valence electrons. The molecule has 3 nitrogen and oxygen atoms in total. The van der Waals surface area contributed by atoms with Gasteiger partial charge in [0.1, 0.15) is 0 Å². The molecule has 2 bridgehead atoms. The van der Waals surface area contributed by atoms with E-state index in [1.165, 1.54) is 44.9 Å². The Morgan fingerprint density at radius 3 is 2.05 bits per heavy atom. The zero-order chi connectivity index (χ0) is 14.6. The number of fused-ring (bicyclic) bond motifs is 5. The molecule has 0 N–H and O–H groups in total. The first-order valence-electron chi connectivity index (χ1n) is 9.06. The van der Waals surface area contributed by atoms with Crippen LogP contribution in [0.5, 0.6) is 0 Å². The minimum Gasteiger partial charge on any atom is -0.282 e. The van der Waals surface area contributed by atoms with Gasteiger partial charge >= 0.3 is 0 Å². The standard InChI is InChI=1S/C18H27NO2/c1-2-11-5-3-4-6-14(11)10-19-17(20)15-12-7-8-13(9-12)16(15)18(19)21/h11-16H,2-10H2,1H3/t11-,12-,13+,14+,15+,16-/m1/s1. The maximum absolute atomic E-state index is 12.8. The fourth-order valence-electron chi connectivity index (χ4n) is 5.95. The Balaban J connectivity index is 1.51. The van der Waals surface area contributed by atoms with Gasteiger partial charge in [0.2, 0.25) is 11.8 Å². The van der Waals surface area contributed by atoms with Crippen molar-refractivity contribution >= 4 is 11.8 Å². The van der Waals surface area contributed by atoms with E-state index < -0.39 is 0 Å². The van der Waals surface area contributed by atoms with Crippen molar-refractivity contribution in [3.05, 3.63) is 0 Å². The number of hydrogen-bond donors (Lipinski definition) is 0. The van der Waals surface area contributed by atoms with Gasteiger partial charge in [-0.1, -0.05) is 32.6 Å². The molecular formula is C18H27NO2. The fraction of sp³-hybridized carbons (Fsp3) is 0.889. The third kappa shape index (κ3) is 1.99. The van der Waals surface area contributed by atoms with Gasteiger partial charge in [-0.15, -0.1) is 0 Å². The van der Waals surface area contributed by atoms with Crippen LogP contribution in [0.25, 0.3) is 0 Å². The van der Waals surface area contributed by atoms with Crippen molar-refractivity contribution in [2.24, 2.45) is 35.5 Å². The molecule has 1 saturated heterocycles. The highest BCUT2D eigenvalue weighted by atomic mass is 16.2. The summed E-state index contributed by atoms with van der Waals surface area (Å²) in [5.74, 6) is 2.85. The molecule has 3 aliphatic carbocycles. The lowest BCUT2D eigenvalue weighted by atomic mass is 9.77. The summed E-state index contributed by atoms with van der Waals surface area (Å²) in [5.41, 5.74) is 0. The average Bonchev–Trinajstić information content (AvgIpc) is 3.17. The van der Waals surface area contributed by atoms with Gasteiger partial charge in [-0.3, -0.25) is 14.5 Å². The molecule has 1 heterocycles. The molecule has 0 spiro atoms. The number of rotatable bonds is 3. The predicted molar refractivity (Wildman–Crippen MR) is 80.3 cm³/mol. The van der Waals surface area contributed by atoms with E-state index in [0.717, 1.165) is 18.9 Å². The predicted octanol–water partition coefficient (Wildman–Crippen LogP) is 3.23. The molecule has 0 aromatic heterocycles. The Morgan fingerprint density at radius 2 is 1.48 bits per heavy atom. The van der Waals surface area contributed by atoms with Gasteiger partial charge in [-0.2, -0.15) is 0 Å². The molecule has 1 aliphatic heterocycles. The molecule has 4 rings (SSSR count). The van der Waals surface area contributed by atoms with Crippen LogP contribution in [0.4, 0.5) is 0 Å². The van der Waals surface area contributed by atoms with Gasteiger partial charge < -0.3 is 0 Å². The highest BCUT2D eigenvalue weighted by Crippen LogP contribution is 2.56. The Kier molecular flexibility index (Phi) is 3.35. The SMILES string of the molecule is CC[C@@H]1CCCC[C@H]1CN1C(=O)[C@@H]2[C@H]3CC[C@H](C3)[C@@H]2C1=O. The summed E-state index contributed by atoms with van der Waals surface area (Å²) < 4.78 is 0. The van der Waals surface area contributed by atoms with Gasteiger partial charge in [-0.25, -0.2) is 0 Å². The average molecular weight is 289 g/mol. The van der Waals surface area contributed by atoms with Gasteiger partial charge in [0.25, 0.3) is 0 Å². The highest BCUT2D eigenvalue weighted by molar-refractivity contribution is 6.06. The van der Waals surface area contributed by atoms with E-state index in [2.05, 4.69) is 6.92 Å². The molecule has 0 aromatic rings. The third-order valence-electron chi connectivity index (χ3n) is 7.03. The molecular weight excluding hydrogens is 262 g/mol. The molecule has 3 saturated carbocycles. The second-order valence-corrected chi connectivity index (χ2v) is 7.88. The van der Waals surface area contributed by atoms with Crippen LogP contribution in [0.3, 0.4) is 0 Å². The second-order valence-electron chi connectivity index (χ2n) is 7.88. The summed E-state index contributed by atoms with van der Waals surface area (Å²) >= 11 is 0. The number of hydrogen-bond acceptors (Lipinski definition) is 2. The molecule has 4 fully saturated rings. The Bertz CT molecular complexity index is 432. The summed E-state index contributed by atoms with van der Waals surface area (Å²) in [6.45, 7) is 2.98. The molecule has 3 heteroatoms. The Labute approximate surface area is 127 Å². The van der Waals surface area contributed by atoms with Crippen LogP contribution in [0.1, 0.15) is 58.3 Å². The van der Waals surface area contributed by atoms with Gasteiger partial charge in [0.15, 0.2) is 0 Å². The topological polar surface area (TPSA) is 37.4 Å². The molecule has 0 radical (unpaired) electrons. The van der Waals surface area contributed by atoms with E-state index in [-0.39, 0.29) is 23.7 Å². The van der Waals surface area contributed by atoms with Crippen molar-refractivity contribution in [2.45, 2.75) is 58.3 Å². The first-order valence-corrected chi connectivity index (χ1v) is 9.06. The van der Waals surface area contributed by atoms with Crippen molar-refractivity contribution in [1.29, 1.82) is 0 Å². The largest absolute Gasteiger partial charge is 0.282 e. The summed E-state index contributed by atoms with van der Waals surface area (Å²) in [6, 6.07) is 0. The lowest BCUT2D eigenvalue weighted by Gasteiger charge is -2.33. The second kappa shape index (κ2) is 5.10. The first kappa shape index (κ1) is 13.8. The van der Waals surface area contributed by atoms with Crippen LogP contribution in [0.2, 0.25) is 0 Å². The molecule has 6 atom stereocenters. The number of amides is 2. The van der Waals surface area contributed by atoms with Crippen molar-refractivity contribution in [1.82, 2.24) is 4.90 Å². The quantitative estimate of drug-likeness (QED) is 0.748. The first-order chi connectivity index (χ1) is 10.2. The molecule has 0 aromatic carbocycles. The lowest BCUT2D eigenvalue weighted by Crippen LogP contribution is -2.39. The normalized spacial score (nSPS) is 45.5. The van der Waals surface area contributed by atoms with Crippen LogP contribution >= 0.6 is 0 Å². The molecule has 2 amide bonds. The van der Waals surface area contributed by atoms with Crippen LogP contribution in [-0.2, 0) is 9.59 Å². The Hall–Kier alpha value is -0.860. The summed E-state index contributed by atoms with van der Waals surface area (Å²) in [5, 5.41) is 0. The van der Waals surface area contributed by atoms with Crippen LogP contribution in [0.15, 0.2) is 0 Å². The Morgan fingerprint density at radius 1 is 0.905 bits per heavy atom. The minimum absolute atomic E-state index is 0.0694. The van der Waals surface area contributed by atoms with E-state index in [4.69, 9.17) is 0 Å². The number of imide groups is 1. The smallest absolute Gasteiger partial charge is 0.233 e. The van der Waals surface area contributed by atoms with Crippen molar-refractivity contribution in [2.75, 3.05) is 6.54 Å². The minimum atomic E-state index is 0.0694. The van der Waals surface area contributed by atoms with Gasteiger partial charge in [0.05, 0.1) is 11.8 Å². The molecule has 0 unspecified atom stereocenters. The van der Waals surface area contributed by atoms with E-state index in [1.807, 2.05) is 0 Å². The summed E-state index contributed by atoms with van der Waals surface area (Å²) in [7, 11) is 0. The van der Waals surface area contributed by atoms with Crippen LogP contribution < -0.4 is 0 Å². The van der Waals surface area contributed by atoms with Crippen LogP contribution in [-0.4, -0.2) is 23.3 Å². The maximum Gasteiger partial charge on any atom is 0.233 e. The van der Waals surface area contributed by atoms with E-state index >= 15 is 0 Å². The third-order valence-corrected chi connectivity index (χ3v) is 7.03. The number of carbonyl (C=O) groups is 2. The highest BCUT2D eigenvalue weighted by Gasteiger charge is 2.60. The summed E-state index contributed by atoms with van der Waals surface area (Å²) in [6.07, 6.45) is 9.79. The maximum atomic E-state index is 12.8. The van der Waals surface area contributed by atoms with Gasteiger partial charge in [-0.05, 0) is 49.4 Å². The van der Waals surface area contributed by atoms with E-state index in [1.54, 1.807) is 4.90 Å². The zero-order valence-electron chi connectivity index (χ0n) is 13.1. The number of likely N-dealkylation sites (tertiary alicyclic amines) is 1. The van der Waals surface area contributed by atoms with Crippen molar-refractivity contribution < 1.29 is 9.59 Å². The fourth-order valence-corrected chi connectivity index (χ4v) is 5.95. The van der Waals surface area contributed by atoms with Crippen LogP contribution in [0, 0.1) is 35.5 Å². The van der Waals surface area contributed by atoms with Crippen molar-refractivity contribution in [3.8, 4) is 0 Å². The van der Waals surface area contributed by atoms with E-state index in [9.17, 15) is 9.59 Å². The van der Waals surface area contributed by atoms with Crippen molar-refractivity contribution in [3.63, 3.8) is 0 Å². The monoisotopic (exact) mass is 289 g/mol. The number of carbonyl (C=O) groups excluding carboxylic acids is 2. The molecule has 21 heavy (non-hydrogen) atoms. The zero-order valence-corrected chi connectivity index (χ0v) is 13.1. The number of nitrogens with zero attached hydrogens (tertiary/aromatic N) is 1.